The van der Waals surface area contributed by atoms with E-state index in [1.165, 1.54) is 42.8 Å². The maximum Gasteiger partial charge on any atom is 0.267 e. The summed E-state index contributed by atoms with van der Waals surface area (Å²) in [6, 6.07) is 6.70. The first-order valence-electron chi connectivity index (χ1n) is 9.53. The van der Waals surface area contributed by atoms with Gasteiger partial charge in [0.1, 0.15) is 18.7 Å². The molecule has 9 nitrogen and oxygen atoms in total. The fourth-order valence-corrected chi connectivity index (χ4v) is 4.17. The van der Waals surface area contributed by atoms with Crippen LogP contribution in [0.1, 0.15) is 25.7 Å². The number of nitrogens with zero attached hydrogens (tertiary/aromatic N) is 6. The predicted molar refractivity (Wildman–Crippen MR) is 103 cm³/mol. The summed E-state index contributed by atoms with van der Waals surface area (Å²) in [7, 11) is 0. The number of hydrogen-bond donors (Lipinski definition) is 1. The molecule has 1 aliphatic heterocycles. The third kappa shape index (κ3) is 3.02. The van der Waals surface area contributed by atoms with Crippen molar-refractivity contribution in [2.45, 2.75) is 32.2 Å². The highest BCUT2D eigenvalue weighted by Crippen LogP contribution is 2.48. The van der Waals surface area contributed by atoms with Crippen LogP contribution in [0.4, 0.5) is 11.5 Å². The Morgan fingerprint density at radius 2 is 2.11 bits per heavy atom. The van der Waals surface area contributed by atoms with Gasteiger partial charge in [-0.2, -0.15) is 10.2 Å². The second-order valence-corrected chi connectivity index (χ2v) is 7.74. The standard InChI is InChI=1S/C19H21N7O2/c27-17(22-14-4-8-25-16(10-14)20-13-21-25)11-26-18(28)3-2-15(23-26)24-9-7-19(12-24)5-1-6-19/h2-4,8,10,13H,1,5-7,9,11-12H2,(H,22,27). The normalized spacial score (nSPS) is 17.8. The largest absolute Gasteiger partial charge is 0.355 e. The smallest absolute Gasteiger partial charge is 0.267 e. The minimum atomic E-state index is -0.312. The average molecular weight is 379 g/mol. The molecule has 4 heterocycles. The molecule has 0 unspecified atom stereocenters. The van der Waals surface area contributed by atoms with Crippen LogP contribution in [0.2, 0.25) is 0 Å². The van der Waals surface area contributed by atoms with E-state index in [1.54, 1.807) is 28.9 Å². The molecule has 9 heteroatoms. The van der Waals surface area contributed by atoms with Crippen LogP contribution in [0.25, 0.3) is 5.65 Å². The number of nitrogens with one attached hydrogen (secondary N) is 1. The van der Waals surface area contributed by atoms with Crippen molar-refractivity contribution in [1.29, 1.82) is 0 Å². The number of carbonyl (C=O) groups is 1. The fourth-order valence-electron chi connectivity index (χ4n) is 4.17. The van der Waals surface area contributed by atoms with E-state index in [0.29, 0.717) is 16.7 Å². The van der Waals surface area contributed by atoms with Gasteiger partial charge >= 0.3 is 0 Å². The Bertz CT molecular complexity index is 1100. The summed E-state index contributed by atoms with van der Waals surface area (Å²) in [5.74, 6) is 0.452. The number of carbonyl (C=O) groups excluding carboxylic acids is 1. The molecular formula is C19H21N7O2. The van der Waals surface area contributed by atoms with E-state index in [4.69, 9.17) is 0 Å². The zero-order chi connectivity index (χ0) is 19.1. The van der Waals surface area contributed by atoms with Gasteiger partial charge in [0.2, 0.25) is 5.91 Å². The first-order chi connectivity index (χ1) is 13.6. The van der Waals surface area contributed by atoms with Crippen molar-refractivity contribution in [2.24, 2.45) is 5.41 Å². The Balaban J connectivity index is 1.30. The first kappa shape index (κ1) is 16.9. The lowest BCUT2D eigenvalue weighted by molar-refractivity contribution is -0.117. The molecule has 1 saturated carbocycles. The summed E-state index contributed by atoms with van der Waals surface area (Å²) in [5.41, 5.74) is 1.39. The van der Waals surface area contributed by atoms with E-state index in [2.05, 4.69) is 25.4 Å². The maximum absolute atomic E-state index is 12.4. The van der Waals surface area contributed by atoms with Crippen molar-refractivity contribution >= 4 is 23.1 Å². The third-order valence-corrected chi connectivity index (χ3v) is 5.89. The van der Waals surface area contributed by atoms with E-state index in [-0.39, 0.29) is 18.0 Å². The highest BCUT2D eigenvalue weighted by molar-refractivity contribution is 5.90. The lowest BCUT2D eigenvalue weighted by Crippen LogP contribution is -2.35. The van der Waals surface area contributed by atoms with Gasteiger partial charge < -0.3 is 10.2 Å². The number of amides is 1. The second kappa shape index (κ2) is 6.43. The molecule has 1 N–H and O–H groups in total. The lowest BCUT2D eigenvalue weighted by Gasteiger charge is -2.38. The number of aromatic nitrogens is 5. The number of hydrogen-bond acceptors (Lipinski definition) is 6. The van der Waals surface area contributed by atoms with Crippen LogP contribution in [0.3, 0.4) is 0 Å². The number of pyridine rings is 1. The summed E-state index contributed by atoms with van der Waals surface area (Å²) < 4.78 is 2.84. The first-order valence-corrected chi connectivity index (χ1v) is 9.53. The van der Waals surface area contributed by atoms with Crippen molar-refractivity contribution in [2.75, 3.05) is 23.3 Å². The Labute approximate surface area is 161 Å². The van der Waals surface area contributed by atoms with Crippen molar-refractivity contribution in [3.63, 3.8) is 0 Å². The molecule has 28 heavy (non-hydrogen) atoms. The van der Waals surface area contributed by atoms with Gasteiger partial charge in [-0.1, -0.05) is 6.42 Å². The fraction of sp³-hybridized carbons (Fsp3) is 0.421. The van der Waals surface area contributed by atoms with Crippen LogP contribution in [0, 0.1) is 5.41 Å². The van der Waals surface area contributed by atoms with Crippen LogP contribution >= 0.6 is 0 Å². The molecule has 0 bridgehead atoms. The van der Waals surface area contributed by atoms with Crippen LogP contribution in [-0.4, -0.2) is 43.4 Å². The van der Waals surface area contributed by atoms with E-state index >= 15 is 0 Å². The highest BCUT2D eigenvalue weighted by Gasteiger charge is 2.43. The van der Waals surface area contributed by atoms with Crippen LogP contribution in [0.5, 0.6) is 0 Å². The lowest BCUT2D eigenvalue weighted by atomic mass is 9.68. The van der Waals surface area contributed by atoms with Gasteiger partial charge in [0, 0.05) is 37.1 Å². The molecule has 3 aromatic heterocycles. The van der Waals surface area contributed by atoms with Gasteiger partial charge in [0.15, 0.2) is 5.65 Å². The minimum Gasteiger partial charge on any atom is -0.355 e. The van der Waals surface area contributed by atoms with Crippen LogP contribution in [-0.2, 0) is 11.3 Å². The number of rotatable bonds is 4. The predicted octanol–water partition coefficient (Wildman–Crippen LogP) is 1.31. The Kier molecular flexibility index (Phi) is 3.88. The molecule has 1 amide bonds. The van der Waals surface area contributed by atoms with Gasteiger partial charge in [-0.05, 0) is 36.8 Å². The van der Waals surface area contributed by atoms with Gasteiger partial charge in [0.05, 0.1) is 0 Å². The van der Waals surface area contributed by atoms with Crippen LogP contribution < -0.4 is 15.8 Å². The maximum atomic E-state index is 12.4. The molecule has 0 aromatic carbocycles. The molecule has 3 aromatic rings. The van der Waals surface area contributed by atoms with Gasteiger partial charge in [-0.3, -0.25) is 9.59 Å². The SMILES string of the molecule is O=C(Cn1nc(N2CCC3(CCC3)C2)ccc1=O)Nc1ccn2ncnc2c1. The van der Waals surface area contributed by atoms with E-state index in [0.717, 1.165) is 18.9 Å². The zero-order valence-electron chi connectivity index (χ0n) is 15.4. The molecule has 2 fully saturated rings. The van der Waals surface area contributed by atoms with Crippen molar-refractivity contribution in [3.8, 4) is 0 Å². The molecule has 1 aliphatic carbocycles. The minimum absolute atomic E-state index is 0.135. The van der Waals surface area contributed by atoms with Gasteiger partial charge in [-0.15, -0.1) is 0 Å². The zero-order valence-corrected chi connectivity index (χ0v) is 15.4. The van der Waals surface area contributed by atoms with E-state index in [1.807, 2.05) is 0 Å². The van der Waals surface area contributed by atoms with Crippen molar-refractivity contribution in [1.82, 2.24) is 24.4 Å². The molecule has 2 aliphatic rings. The topological polar surface area (TPSA) is 97.4 Å². The van der Waals surface area contributed by atoms with E-state index in [9.17, 15) is 9.59 Å². The Morgan fingerprint density at radius 3 is 2.89 bits per heavy atom. The summed E-state index contributed by atoms with van der Waals surface area (Å²) in [4.78, 5) is 30.9. The molecule has 0 atom stereocenters. The highest BCUT2D eigenvalue weighted by atomic mass is 16.2. The molecule has 1 saturated heterocycles. The molecule has 144 valence electrons. The van der Waals surface area contributed by atoms with Crippen molar-refractivity contribution in [3.05, 3.63) is 47.1 Å². The van der Waals surface area contributed by atoms with Crippen LogP contribution in [0.15, 0.2) is 41.6 Å². The van der Waals surface area contributed by atoms with Gasteiger partial charge in [0.25, 0.3) is 5.56 Å². The molecule has 0 radical (unpaired) electrons. The average Bonchev–Trinajstić information content (AvgIpc) is 3.30. The third-order valence-electron chi connectivity index (χ3n) is 5.89. The molecule has 1 spiro atoms. The summed E-state index contributed by atoms with van der Waals surface area (Å²) >= 11 is 0. The van der Waals surface area contributed by atoms with Gasteiger partial charge in [-0.25, -0.2) is 14.2 Å². The summed E-state index contributed by atoms with van der Waals surface area (Å²) in [6.07, 6.45) is 8.21. The molecular weight excluding hydrogens is 358 g/mol. The summed E-state index contributed by atoms with van der Waals surface area (Å²) in [5, 5.41) is 11.2. The number of anilines is 2. The Hall–Kier alpha value is -3.23. The number of fused-ring (bicyclic) bond motifs is 1. The van der Waals surface area contributed by atoms with Crippen molar-refractivity contribution < 1.29 is 4.79 Å². The Morgan fingerprint density at radius 1 is 1.21 bits per heavy atom. The molecule has 5 rings (SSSR count). The van der Waals surface area contributed by atoms with E-state index < -0.39 is 0 Å². The summed E-state index contributed by atoms with van der Waals surface area (Å²) in [6.45, 7) is 1.81. The monoisotopic (exact) mass is 379 g/mol. The quantitative estimate of drug-likeness (QED) is 0.734. The second-order valence-electron chi connectivity index (χ2n) is 7.74.